The van der Waals surface area contributed by atoms with Crippen LogP contribution in [-0.2, 0) is 19.3 Å². The zero-order valence-electron chi connectivity index (χ0n) is 13.1. The molecule has 1 atom stereocenters. The average Bonchev–Trinajstić information content (AvgIpc) is 2.54. The quantitative estimate of drug-likeness (QED) is 0.865. The standard InChI is InChI=1S/C19H24O2/c1-4-14-10-11-15(5-2)17(12-14)18(20)13-16-8-6-7-9-19(16)21-3/h6-12,18,20H,4-5,13H2,1-3H3. The van der Waals surface area contributed by atoms with Crippen LogP contribution in [0.5, 0.6) is 5.75 Å². The van der Waals surface area contributed by atoms with Crippen molar-refractivity contribution in [3.8, 4) is 5.75 Å². The molecule has 2 rings (SSSR count). The van der Waals surface area contributed by atoms with E-state index in [1.165, 1.54) is 11.1 Å². The lowest BCUT2D eigenvalue weighted by Gasteiger charge is -2.17. The first-order valence-corrected chi connectivity index (χ1v) is 7.61. The fourth-order valence-corrected chi connectivity index (χ4v) is 2.69. The smallest absolute Gasteiger partial charge is 0.122 e. The predicted molar refractivity (Wildman–Crippen MR) is 86.9 cm³/mol. The Labute approximate surface area is 127 Å². The molecule has 0 aliphatic rings. The summed E-state index contributed by atoms with van der Waals surface area (Å²) in [5, 5.41) is 10.7. The summed E-state index contributed by atoms with van der Waals surface area (Å²) in [6, 6.07) is 14.3. The molecule has 1 unspecified atom stereocenters. The molecule has 2 aromatic carbocycles. The minimum atomic E-state index is -0.497. The normalized spacial score (nSPS) is 12.2. The van der Waals surface area contributed by atoms with Crippen molar-refractivity contribution in [2.45, 2.75) is 39.2 Å². The third-order valence-corrected chi connectivity index (χ3v) is 3.96. The molecule has 0 fully saturated rings. The molecule has 0 saturated carbocycles. The van der Waals surface area contributed by atoms with Gasteiger partial charge in [0.25, 0.3) is 0 Å². The van der Waals surface area contributed by atoms with E-state index in [-0.39, 0.29) is 0 Å². The molecule has 0 heterocycles. The maximum absolute atomic E-state index is 10.7. The maximum Gasteiger partial charge on any atom is 0.122 e. The fraction of sp³-hybridized carbons (Fsp3) is 0.368. The zero-order valence-corrected chi connectivity index (χ0v) is 13.1. The van der Waals surface area contributed by atoms with E-state index < -0.39 is 6.10 Å². The zero-order chi connectivity index (χ0) is 15.2. The van der Waals surface area contributed by atoms with E-state index in [2.05, 4.69) is 32.0 Å². The number of rotatable bonds is 6. The van der Waals surface area contributed by atoms with E-state index in [0.717, 1.165) is 29.7 Å². The van der Waals surface area contributed by atoms with E-state index in [1.807, 2.05) is 24.3 Å². The summed E-state index contributed by atoms with van der Waals surface area (Å²) in [6.45, 7) is 4.26. The van der Waals surface area contributed by atoms with Crippen molar-refractivity contribution in [2.75, 3.05) is 7.11 Å². The molecule has 21 heavy (non-hydrogen) atoms. The highest BCUT2D eigenvalue weighted by Gasteiger charge is 2.15. The highest BCUT2D eigenvalue weighted by molar-refractivity contribution is 5.38. The second-order valence-corrected chi connectivity index (χ2v) is 5.27. The van der Waals surface area contributed by atoms with E-state index in [0.29, 0.717) is 6.42 Å². The molecular weight excluding hydrogens is 260 g/mol. The molecule has 0 spiro atoms. The van der Waals surface area contributed by atoms with Crippen LogP contribution in [0.15, 0.2) is 42.5 Å². The number of aliphatic hydroxyl groups excluding tert-OH is 1. The van der Waals surface area contributed by atoms with Crippen molar-refractivity contribution >= 4 is 0 Å². The van der Waals surface area contributed by atoms with Gasteiger partial charge in [0.2, 0.25) is 0 Å². The maximum atomic E-state index is 10.7. The predicted octanol–water partition coefficient (Wildman–Crippen LogP) is 4.10. The van der Waals surface area contributed by atoms with Crippen LogP contribution in [0.2, 0.25) is 0 Å². The van der Waals surface area contributed by atoms with Gasteiger partial charge in [-0.3, -0.25) is 0 Å². The summed E-state index contributed by atoms with van der Waals surface area (Å²) in [7, 11) is 1.67. The Morgan fingerprint density at radius 2 is 1.76 bits per heavy atom. The summed E-state index contributed by atoms with van der Waals surface area (Å²) in [5.74, 6) is 0.834. The van der Waals surface area contributed by atoms with Crippen molar-refractivity contribution in [2.24, 2.45) is 0 Å². The lowest BCUT2D eigenvalue weighted by molar-refractivity contribution is 0.176. The molecule has 0 radical (unpaired) electrons. The SMILES string of the molecule is CCc1ccc(CC)c(C(O)Cc2ccccc2OC)c1. The Balaban J connectivity index is 2.29. The molecule has 2 heteroatoms. The Bertz CT molecular complexity index is 590. The topological polar surface area (TPSA) is 29.5 Å². The van der Waals surface area contributed by atoms with Crippen LogP contribution in [0.3, 0.4) is 0 Å². The number of aliphatic hydroxyl groups is 1. The first-order chi connectivity index (χ1) is 10.2. The minimum Gasteiger partial charge on any atom is -0.496 e. The van der Waals surface area contributed by atoms with Crippen LogP contribution in [-0.4, -0.2) is 12.2 Å². The average molecular weight is 284 g/mol. The highest BCUT2D eigenvalue weighted by Crippen LogP contribution is 2.27. The Morgan fingerprint density at radius 1 is 1.00 bits per heavy atom. The lowest BCUT2D eigenvalue weighted by Crippen LogP contribution is -2.07. The number of para-hydroxylation sites is 1. The van der Waals surface area contributed by atoms with Gasteiger partial charge < -0.3 is 9.84 Å². The fourth-order valence-electron chi connectivity index (χ4n) is 2.69. The van der Waals surface area contributed by atoms with E-state index in [9.17, 15) is 5.11 Å². The number of methoxy groups -OCH3 is 1. The first kappa shape index (κ1) is 15.6. The largest absolute Gasteiger partial charge is 0.496 e. The number of benzene rings is 2. The first-order valence-electron chi connectivity index (χ1n) is 7.61. The van der Waals surface area contributed by atoms with Gasteiger partial charge in [0, 0.05) is 6.42 Å². The molecule has 112 valence electrons. The van der Waals surface area contributed by atoms with E-state index in [4.69, 9.17) is 4.74 Å². The van der Waals surface area contributed by atoms with Crippen LogP contribution < -0.4 is 4.74 Å². The summed E-state index contributed by atoms with van der Waals surface area (Å²) < 4.78 is 5.37. The number of hydrogen-bond acceptors (Lipinski definition) is 2. The van der Waals surface area contributed by atoms with Gasteiger partial charge in [0.05, 0.1) is 13.2 Å². The minimum absolute atomic E-state index is 0.497. The molecule has 0 aliphatic carbocycles. The highest BCUT2D eigenvalue weighted by atomic mass is 16.5. The van der Waals surface area contributed by atoms with Crippen molar-refractivity contribution in [1.82, 2.24) is 0 Å². The van der Waals surface area contributed by atoms with E-state index in [1.54, 1.807) is 7.11 Å². The van der Waals surface area contributed by atoms with Gasteiger partial charge in [-0.25, -0.2) is 0 Å². The van der Waals surface area contributed by atoms with E-state index >= 15 is 0 Å². The van der Waals surface area contributed by atoms with Gasteiger partial charge in [-0.15, -0.1) is 0 Å². The number of ether oxygens (including phenoxy) is 1. The van der Waals surface area contributed by atoms with Gasteiger partial charge in [-0.1, -0.05) is 50.2 Å². The van der Waals surface area contributed by atoms with Gasteiger partial charge >= 0.3 is 0 Å². The second-order valence-electron chi connectivity index (χ2n) is 5.27. The van der Waals surface area contributed by atoms with Crippen molar-refractivity contribution in [3.05, 3.63) is 64.7 Å². The number of hydrogen-bond donors (Lipinski definition) is 1. The lowest BCUT2D eigenvalue weighted by atomic mass is 9.93. The van der Waals surface area contributed by atoms with Crippen LogP contribution in [0.1, 0.15) is 42.2 Å². The Kier molecular flexibility index (Phi) is 5.40. The van der Waals surface area contributed by atoms with Crippen LogP contribution in [0.25, 0.3) is 0 Å². The number of aryl methyl sites for hydroxylation is 2. The molecular formula is C19H24O2. The Hall–Kier alpha value is -1.80. The summed E-state index contributed by atoms with van der Waals surface area (Å²) in [4.78, 5) is 0. The Morgan fingerprint density at radius 3 is 2.43 bits per heavy atom. The molecule has 0 aliphatic heterocycles. The van der Waals surface area contributed by atoms with Gasteiger partial charge in [-0.2, -0.15) is 0 Å². The summed E-state index contributed by atoms with van der Waals surface area (Å²) >= 11 is 0. The van der Waals surface area contributed by atoms with Crippen molar-refractivity contribution in [3.63, 3.8) is 0 Å². The van der Waals surface area contributed by atoms with Crippen LogP contribution in [0, 0.1) is 0 Å². The summed E-state index contributed by atoms with van der Waals surface area (Å²) in [6.07, 6.45) is 1.99. The van der Waals surface area contributed by atoms with Crippen molar-refractivity contribution in [1.29, 1.82) is 0 Å². The summed E-state index contributed by atoms with van der Waals surface area (Å²) in [5.41, 5.74) is 4.56. The van der Waals surface area contributed by atoms with Crippen LogP contribution >= 0.6 is 0 Å². The third kappa shape index (κ3) is 3.64. The third-order valence-electron chi connectivity index (χ3n) is 3.96. The van der Waals surface area contributed by atoms with Gasteiger partial charge in [0.1, 0.15) is 5.75 Å². The molecule has 1 N–H and O–H groups in total. The van der Waals surface area contributed by atoms with Crippen LogP contribution in [0.4, 0.5) is 0 Å². The second kappa shape index (κ2) is 7.28. The molecule has 2 aromatic rings. The molecule has 0 amide bonds. The molecule has 0 saturated heterocycles. The van der Waals surface area contributed by atoms with Crippen molar-refractivity contribution < 1.29 is 9.84 Å². The molecule has 2 nitrogen and oxygen atoms in total. The molecule has 0 bridgehead atoms. The van der Waals surface area contributed by atoms with Gasteiger partial charge in [-0.05, 0) is 41.2 Å². The van der Waals surface area contributed by atoms with Gasteiger partial charge in [0.15, 0.2) is 0 Å². The monoisotopic (exact) mass is 284 g/mol. The molecule has 0 aromatic heterocycles.